The highest BCUT2D eigenvalue weighted by atomic mass is 32.2. The molecule has 0 fully saturated rings. The number of rotatable bonds is 5. The second-order valence-electron chi connectivity index (χ2n) is 6.10. The van der Waals surface area contributed by atoms with Crippen molar-refractivity contribution in [2.45, 2.75) is 24.4 Å². The monoisotopic (exact) mass is 387 g/mol. The van der Waals surface area contributed by atoms with E-state index in [0.717, 1.165) is 23.9 Å². The second kappa shape index (κ2) is 7.03. The lowest BCUT2D eigenvalue weighted by Crippen LogP contribution is -2.23. The normalized spacial score (nSPS) is 11.4. The smallest absolute Gasteiger partial charge is 0.278 e. The molecule has 0 atom stereocenters. The third kappa shape index (κ3) is 3.52. The molecule has 3 heterocycles. The molecule has 5 nitrogen and oxygen atoms in total. The summed E-state index contributed by atoms with van der Waals surface area (Å²) in [5.74, 6) is -0.268. The van der Waals surface area contributed by atoms with Gasteiger partial charge in [0.2, 0.25) is 0 Å². The number of aryl methyl sites for hydroxylation is 1. The number of halogens is 2. The Morgan fingerprint density at radius 3 is 2.89 bits per heavy atom. The average molecular weight is 387 g/mol. The van der Waals surface area contributed by atoms with Gasteiger partial charge in [-0.05, 0) is 43.3 Å². The summed E-state index contributed by atoms with van der Waals surface area (Å²) in [7, 11) is 0. The van der Waals surface area contributed by atoms with Crippen molar-refractivity contribution in [1.82, 2.24) is 14.5 Å². The van der Waals surface area contributed by atoms with Crippen LogP contribution in [0.2, 0.25) is 0 Å². The lowest BCUT2D eigenvalue weighted by molar-refractivity contribution is 0.476. The summed E-state index contributed by atoms with van der Waals surface area (Å²) in [5, 5.41) is 0.409. The zero-order valence-corrected chi connectivity index (χ0v) is 15.1. The molecule has 0 saturated carbocycles. The Balaban J connectivity index is 1.75. The highest BCUT2D eigenvalue weighted by Crippen LogP contribution is 2.25. The highest BCUT2D eigenvalue weighted by molar-refractivity contribution is 7.98. The first-order chi connectivity index (χ1) is 13.0. The van der Waals surface area contributed by atoms with Gasteiger partial charge >= 0.3 is 0 Å². The van der Waals surface area contributed by atoms with Crippen molar-refractivity contribution in [3.05, 3.63) is 81.7 Å². The Kier molecular flexibility index (Phi) is 4.57. The molecule has 27 heavy (non-hydrogen) atoms. The van der Waals surface area contributed by atoms with E-state index in [1.54, 1.807) is 18.2 Å². The van der Waals surface area contributed by atoms with Gasteiger partial charge in [0, 0.05) is 17.0 Å². The SMILES string of the molecule is Cc1cc2nc(SCc3cc(F)ccc3F)n(Cc3ccco3)c(=O)c2[nH]1. The summed E-state index contributed by atoms with van der Waals surface area (Å²) < 4.78 is 34.2. The van der Waals surface area contributed by atoms with Crippen LogP contribution in [-0.2, 0) is 12.3 Å². The van der Waals surface area contributed by atoms with Crippen LogP contribution in [0, 0.1) is 18.6 Å². The van der Waals surface area contributed by atoms with Gasteiger partial charge in [0.05, 0.1) is 18.3 Å². The number of hydrogen-bond acceptors (Lipinski definition) is 4. The van der Waals surface area contributed by atoms with Crippen LogP contribution in [0.1, 0.15) is 17.0 Å². The van der Waals surface area contributed by atoms with Gasteiger partial charge in [0.1, 0.15) is 22.9 Å². The van der Waals surface area contributed by atoms with Crippen LogP contribution >= 0.6 is 11.8 Å². The Hall–Kier alpha value is -2.87. The quantitative estimate of drug-likeness (QED) is 0.411. The van der Waals surface area contributed by atoms with E-state index in [-0.39, 0.29) is 23.4 Å². The predicted molar refractivity (Wildman–Crippen MR) is 98.8 cm³/mol. The van der Waals surface area contributed by atoms with E-state index in [2.05, 4.69) is 9.97 Å². The van der Waals surface area contributed by atoms with Gasteiger partial charge in [-0.1, -0.05) is 11.8 Å². The molecule has 138 valence electrons. The Labute approximate surface area is 157 Å². The van der Waals surface area contributed by atoms with Crippen molar-refractivity contribution in [3.8, 4) is 0 Å². The van der Waals surface area contributed by atoms with Crippen molar-refractivity contribution in [3.63, 3.8) is 0 Å². The summed E-state index contributed by atoms with van der Waals surface area (Å²) in [4.78, 5) is 20.5. The summed E-state index contributed by atoms with van der Waals surface area (Å²) in [6.07, 6.45) is 1.53. The Morgan fingerprint density at radius 2 is 2.11 bits per heavy atom. The summed E-state index contributed by atoms with van der Waals surface area (Å²) in [5.41, 5.74) is 1.73. The first-order valence-electron chi connectivity index (χ1n) is 8.20. The number of hydrogen-bond donors (Lipinski definition) is 1. The number of aromatic amines is 1. The zero-order valence-electron chi connectivity index (χ0n) is 14.3. The van der Waals surface area contributed by atoms with E-state index >= 15 is 0 Å². The maximum Gasteiger partial charge on any atom is 0.278 e. The molecular formula is C19H15F2N3O2S. The van der Waals surface area contributed by atoms with E-state index in [9.17, 15) is 13.6 Å². The molecule has 1 aromatic carbocycles. The summed E-state index contributed by atoms with van der Waals surface area (Å²) >= 11 is 1.17. The minimum absolute atomic E-state index is 0.142. The van der Waals surface area contributed by atoms with E-state index in [1.165, 1.54) is 22.6 Å². The molecule has 0 aliphatic rings. The lowest BCUT2D eigenvalue weighted by atomic mass is 10.2. The molecule has 0 spiro atoms. The van der Waals surface area contributed by atoms with Crippen LogP contribution in [0.3, 0.4) is 0 Å². The van der Waals surface area contributed by atoms with Crippen molar-refractivity contribution in [2.24, 2.45) is 0 Å². The fourth-order valence-electron chi connectivity index (χ4n) is 2.82. The van der Waals surface area contributed by atoms with Crippen LogP contribution in [0.25, 0.3) is 11.0 Å². The molecular weight excluding hydrogens is 372 g/mol. The summed E-state index contributed by atoms with van der Waals surface area (Å²) in [6.45, 7) is 2.04. The lowest BCUT2D eigenvalue weighted by Gasteiger charge is -2.11. The van der Waals surface area contributed by atoms with Crippen LogP contribution in [-0.4, -0.2) is 14.5 Å². The number of nitrogens with zero attached hydrogens (tertiary/aromatic N) is 2. The van der Waals surface area contributed by atoms with Crippen molar-refractivity contribution in [1.29, 1.82) is 0 Å². The Bertz CT molecular complexity index is 1170. The standard InChI is InChI=1S/C19H15F2N3O2S/c1-11-7-16-17(22-11)18(25)24(9-14-3-2-6-26-14)19(23-16)27-10-12-8-13(20)4-5-15(12)21/h2-8,22H,9-10H2,1H3. The Morgan fingerprint density at radius 1 is 1.26 bits per heavy atom. The molecule has 1 N–H and O–H groups in total. The molecule has 0 unspecified atom stereocenters. The molecule has 0 bridgehead atoms. The van der Waals surface area contributed by atoms with E-state index in [1.807, 2.05) is 6.92 Å². The van der Waals surface area contributed by atoms with E-state index < -0.39 is 11.6 Å². The van der Waals surface area contributed by atoms with Gasteiger partial charge in [-0.25, -0.2) is 13.8 Å². The molecule has 0 saturated heterocycles. The number of nitrogens with one attached hydrogen (secondary N) is 1. The topological polar surface area (TPSA) is 63.8 Å². The van der Waals surface area contributed by atoms with Crippen LogP contribution in [0.4, 0.5) is 8.78 Å². The number of aromatic nitrogens is 3. The minimum Gasteiger partial charge on any atom is -0.467 e. The van der Waals surface area contributed by atoms with Gasteiger partial charge in [0.25, 0.3) is 5.56 Å². The number of fused-ring (bicyclic) bond motifs is 1. The van der Waals surface area contributed by atoms with Gasteiger partial charge in [-0.2, -0.15) is 0 Å². The minimum atomic E-state index is -0.510. The number of furan rings is 1. The number of thioether (sulfide) groups is 1. The predicted octanol–water partition coefficient (Wildman–Crippen LogP) is 4.24. The zero-order chi connectivity index (χ0) is 19.0. The van der Waals surface area contributed by atoms with Gasteiger partial charge in [-0.3, -0.25) is 9.36 Å². The van der Waals surface area contributed by atoms with Crippen molar-refractivity contribution >= 4 is 22.8 Å². The maximum atomic E-state index is 13.9. The molecule has 4 aromatic rings. The van der Waals surface area contributed by atoms with Crippen molar-refractivity contribution < 1.29 is 13.2 Å². The average Bonchev–Trinajstić information content (AvgIpc) is 3.27. The fraction of sp³-hybridized carbons (Fsp3) is 0.158. The number of benzene rings is 1. The first kappa shape index (κ1) is 17.5. The molecule has 8 heteroatoms. The molecule has 0 aliphatic heterocycles. The maximum absolute atomic E-state index is 13.9. The van der Waals surface area contributed by atoms with Gasteiger partial charge in [-0.15, -0.1) is 0 Å². The van der Waals surface area contributed by atoms with Gasteiger partial charge in [0.15, 0.2) is 5.16 Å². The van der Waals surface area contributed by atoms with Crippen LogP contribution < -0.4 is 5.56 Å². The largest absolute Gasteiger partial charge is 0.467 e. The summed E-state index contributed by atoms with van der Waals surface area (Å²) in [6, 6.07) is 8.59. The molecule has 0 radical (unpaired) electrons. The molecule has 0 amide bonds. The third-order valence-corrected chi connectivity index (χ3v) is 5.12. The molecule has 0 aliphatic carbocycles. The van der Waals surface area contributed by atoms with E-state index in [0.29, 0.717) is 22.0 Å². The molecule has 4 rings (SSSR count). The van der Waals surface area contributed by atoms with Crippen LogP contribution in [0.15, 0.2) is 57.0 Å². The van der Waals surface area contributed by atoms with E-state index in [4.69, 9.17) is 4.42 Å². The van der Waals surface area contributed by atoms with Crippen molar-refractivity contribution in [2.75, 3.05) is 0 Å². The third-order valence-electron chi connectivity index (χ3n) is 4.10. The van der Waals surface area contributed by atoms with Crippen LogP contribution in [0.5, 0.6) is 0 Å². The second-order valence-corrected chi connectivity index (χ2v) is 7.04. The van der Waals surface area contributed by atoms with Gasteiger partial charge < -0.3 is 9.40 Å². The molecule has 3 aromatic heterocycles. The number of H-pyrrole nitrogens is 1. The fourth-order valence-corrected chi connectivity index (χ4v) is 3.79. The highest BCUT2D eigenvalue weighted by Gasteiger charge is 2.16. The first-order valence-corrected chi connectivity index (χ1v) is 9.19.